The predicted molar refractivity (Wildman–Crippen MR) is 38.7 cm³/mol. The summed E-state index contributed by atoms with van der Waals surface area (Å²) >= 11 is 0. The molecule has 0 spiro atoms. The number of aliphatic hydroxyl groups is 1. The average molecular weight is 140 g/mol. The van der Waals surface area contributed by atoms with Gasteiger partial charge in [0.15, 0.2) is 0 Å². The lowest BCUT2D eigenvalue weighted by Crippen LogP contribution is -2.00. The summed E-state index contributed by atoms with van der Waals surface area (Å²) in [6.07, 6.45) is 4.49. The lowest BCUT2D eigenvalue weighted by Gasteiger charge is -2.00. The van der Waals surface area contributed by atoms with E-state index in [-0.39, 0.29) is 6.61 Å². The zero-order valence-electron chi connectivity index (χ0n) is 6.12. The van der Waals surface area contributed by atoms with Crippen molar-refractivity contribution in [3.05, 3.63) is 18.2 Å². The summed E-state index contributed by atoms with van der Waals surface area (Å²) in [7, 11) is 0. The Morgan fingerprint density at radius 1 is 1.70 bits per heavy atom. The first-order valence-corrected chi connectivity index (χ1v) is 3.43. The van der Waals surface area contributed by atoms with Gasteiger partial charge in [-0.1, -0.05) is 0 Å². The van der Waals surface area contributed by atoms with Crippen LogP contribution in [0.1, 0.15) is 12.2 Å². The molecule has 0 saturated carbocycles. The summed E-state index contributed by atoms with van der Waals surface area (Å²) in [6.45, 7) is 3.07. The van der Waals surface area contributed by atoms with Gasteiger partial charge in [-0.2, -0.15) is 0 Å². The topological polar surface area (TPSA) is 38.0 Å². The van der Waals surface area contributed by atoms with Crippen molar-refractivity contribution in [1.29, 1.82) is 0 Å². The largest absolute Gasteiger partial charge is 0.396 e. The number of hydrogen-bond acceptors (Lipinski definition) is 2. The van der Waals surface area contributed by atoms with Crippen molar-refractivity contribution in [3.8, 4) is 0 Å². The molecule has 0 fully saturated rings. The first-order valence-electron chi connectivity index (χ1n) is 3.43. The van der Waals surface area contributed by atoms with Gasteiger partial charge < -0.3 is 9.67 Å². The van der Waals surface area contributed by atoms with E-state index in [2.05, 4.69) is 4.98 Å². The van der Waals surface area contributed by atoms with Crippen LogP contribution in [0.15, 0.2) is 12.4 Å². The number of imidazole rings is 1. The van der Waals surface area contributed by atoms with Crippen molar-refractivity contribution in [3.63, 3.8) is 0 Å². The molecule has 1 heterocycles. The Labute approximate surface area is 60.3 Å². The third kappa shape index (κ3) is 1.57. The summed E-state index contributed by atoms with van der Waals surface area (Å²) in [5, 5.41) is 8.52. The minimum atomic E-state index is 0.248. The number of hydrogen-bond donors (Lipinski definition) is 1. The molecule has 0 radical (unpaired) electrons. The molecule has 56 valence electrons. The molecule has 0 saturated heterocycles. The molecule has 0 bridgehead atoms. The summed E-state index contributed by atoms with van der Waals surface area (Å²) < 4.78 is 2.02. The van der Waals surface area contributed by atoms with E-state index in [1.165, 1.54) is 0 Å². The van der Waals surface area contributed by atoms with E-state index in [0.29, 0.717) is 0 Å². The highest BCUT2D eigenvalue weighted by molar-refractivity contribution is 4.87. The summed E-state index contributed by atoms with van der Waals surface area (Å²) in [5.41, 5.74) is 0. The third-order valence-electron chi connectivity index (χ3n) is 1.48. The van der Waals surface area contributed by atoms with Crippen LogP contribution in [0.2, 0.25) is 0 Å². The molecule has 1 aromatic rings. The second kappa shape index (κ2) is 3.37. The van der Waals surface area contributed by atoms with Gasteiger partial charge in [0.1, 0.15) is 5.82 Å². The van der Waals surface area contributed by atoms with Gasteiger partial charge in [0, 0.05) is 25.5 Å². The van der Waals surface area contributed by atoms with Gasteiger partial charge in [-0.05, 0) is 13.3 Å². The van der Waals surface area contributed by atoms with Crippen molar-refractivity contribution in [2.75, 3.05) is 6.61 Å². The highest BCUT2D eigenvalue weighted by Gasteiger charge is 1.93. The Balaban J connectivity index is 2.49. The fourth-order valence-electron chi connectivity index (χ4n) is 0.881. The maximum Gasteiger partial charge on any atom is 0.105 e. The molecule has 3 nitrogen and oxygen atoms in total. The molecule has 1 N–H and O–H groups in total. The molecule has 1 rings (SSSR count). The molecule has 10 heavy (non-hydrogen) atoms. The van der Waals surface area contributed by atoms with Gasteiger partial charge in [-0.15, -0.1) is 0 Å². The molecule has 1 aromatic heterocycles. The molecule has 0 aromatic carbocycles. The summed E-state index contributed by atoms with van der Waals surface area (Å²) in [6, 6.07) is 0. The molecule has 0 aliphatic rings. The fourth-order valence-corrected chi connectivity index (χ4v) is 0.881. The molecule has 0 atom stereocenters. The molecule has 0 amide bonds. The van der Waals surface area contributed by atoms with Crippen LogP contribution in [-0.2, 0) is 6.54 Å². The quantitative estimate of drug-likeness (QED) is 0.666. The second-order valence-corrected chi connectivity index (χ2v) is 2.25. The maximum atomic E-state index is 8.52. The number of rotatable bonds is 3. The Morgan fingerprint density at radius 2 is 2.50 bits per heavy atom. The van der Waals surface area contributed by atoms with Gasteiger partial charge in [-0.25, -0.2) is 4.98 Å². The highest BCUT2D eigenvalue weighted by atomic mass is 16.3. The number of aryl methyl sites for hydroxylation is 2. The zero-order valence-corrected chi connectivity index (χ0v) is 6.12. The highest BCUT2D eigenvalue weighted by Crippen LogP contribution is 1.95. The van der Waals surface area contributed by atoms with Crippen LogP contribution < -0.4 is 0 Å². The van der Waals surface area contributed by atoms with Crippen LogP contribution in [0.4, 0.5) is 0 Å². The predicted octanol–water partition coefficient (Wildman–Crippen LogP) is 0.574. The van der Waals surface area contributed by atoms with E-state index in [9.17, 15) is 0 Å². The van der Waals surface area contributed by atoms with Gasteiger partial charge >= 0.3 is 0 Å². The fraction of sp³-hybridized carbons (Fsp3) is 0.571. The standard InChI is InChI=1S/C7H12N2O/c1-7-8-3-5-9(7)4-2-6-10/h3,5,10H,2,4,6H2,1H3. The summed E-state index contributed by atoms with van der Waals surface area (Å²) in [4.78, 5) is 4.05. The van der Waals surface area contributed by atoms with Gasteiger partial charge in [0.05, 0.1) is 0 Å². The molecule has 0 unspecified atom stereocenters. The minimum Gasteiger partial charge on any atom is -0.396 e. The maximum absolute atomic E-state index is 8.52. The monoisotopic (exact) mass is 140 g/mol. The van der Waals surface area contributed by atoms with E-state index in [1.807, 2.05) is 17.7 Å². The molecular formula is C7H12N2O. The Morgan fingerprint density at radius 3 is 3.00 bits per heavy atom. The smallest absolute Gasteiger partial charge is 0.105 e. The number of nitrogens with zero attached hydrogens (tertiary/aromatic N) is 2. The van der Waals surface area contributed by atoms with Crippen LogP contribution in [0.25, 0.3) is 0 Å². The van der Waals surface area contributed by atoms with Crippen LogP contribution in [-0.4, -0.2) is 21.3 Å². The van der Waals surface area contributed by atoms with Crippen molar-refractivity contribution in [2.45, 2.75) is 19.9 Å². The van der Waals surface area contributed by atoms with E-state index in [4.69, 9.17) is 5.11 Å². The molecule has 3 heteroatoms. The Kier molecular flexibility index (Phi) is 2.45. The Hall–Kier alpha value is -0.830. The Bertz CT molecular complexity index is 195. The summed E-state index contributed by atoms with van der Waals surface area (Å²) in [5.74, 6) is 1.01. The molecule has 0 aliphatic heterocycles. The number of aliphatic hydroxyl groups excluding tert-OH is 1. The van der Waals surface area contributed by atoms with Crippen molar-refractivity contribution in [1.82, 2.24) is 9.55 Å². The van der Waals surface area contributed by atoms with Crippen LogP contribution in [0, 0.1) is 6.92 Å². The van der Waals surface area contributed by atoms with Crippen LogP contribution in [0.3, 0.4) is 0 Å². The van der Waals surface area contributed by atoms with Crippen LogP contribution >= 0.6 is 0 Å². The van der Waals surface area contributed by atoms with Gasteiger partial charge in [0.2, 0.25) is 0 Å². The van der Waals surface area contributed by atoms with E-state index < -0.39 is 0 Å². The first kappa shape index (κ1) is 7.28. The van der Waals surface area contributed by atoms with Crippen molar-refractivity contribution >= 4 is 0 Å². The molecular weight excluding hydrogens is 128 g/mol. The average Bonchev–Trinajstić information content (AvgIpc) is 2.31. The molecule has 0 aliphatic carbocycles. The first-order chi connectivity index (χ1) is 4.84. The second-order valence-electron chi connectivity index (χ2n) is 2.25. The lowest BCUT2D eigenvalue weighted by molar-refractivity contribution is 0.279. The normalized spacial score (nSPS) is 10.2. The van der Waals surface area contributed by atoms with E-state index in [0.717, 1.165) is 18.8 Å². The van der Waals surface area contributed by atoms with E-state index in [1.54, 1.807) is 6.20 Å². The lowest BCUT2D eigenvalue weighted by atomic mass is 10.4. The number of aromatic nitrogens is 2. The van der Waals surface area contributed by atoms with Crippen molar-refractivity contribution in [2.24, 2.45) is 0 Å². The van der Waals surface area contributed by atoms with Crippen LogP contribution in [0.5, 0.6) is 0 Å². The van der Waals surface area contributed by atoms with Gasteiger partial charge in [-0.3, -0.25) is 0 Å². The third-order valence-corrected chi connectivity index (χ3v) is 1.48. The zero-order chi connectivity index (χ0) is 7.40. The minimum absolute atomic E-state index is 0.248. The van der Waals surface area contributed by atoms with E-state index >= 15 is 0 Å². The van der Waals surface area contributed by atoms with Gasteiger partial charge in [0.25, 0.3) is 0 Å². The van der Waals surface area contributed by atoms with Crippen molar-refractivity contribution < 1.29 is 5.11 Å². The SMILES string of the molecule is Cc1nccn1CCCO.